The third-order valence-electron chi connectivity index (χ3n) is 3.02. The minimum Gasteiger partial charge on any atom is -0.480 e. The smallest absolute Gasteiger partial charge is 0.345 e. The summed E-state index contributed by atoms with van der Waals surface area (Å²) in [5.41, 5.74) is -0.550. The van der Waals surface area contributed by atoms with Crippen molar-refractivity contribution in [2.24, 2.45) is 5.92 Å². The van der Waals surface area contributed by atoms with Crippen LogP contribution in [0.15, 0.2) is 6.07 Å². The Bertz CT molecular complexity index is 629. The van der Waals surface area contributed by atoms with Crippen LogP contribution < -0.4 is 5.32 Å². The summed E-state index contributed by atoms with van der Waals surface area (Å²) in [4.78, 5) is 37.6. The molecular formula is C14H19N3O6. The first-order valence-corrected chi connectivity index (χ1v) is 6.91. The van der Waals surface area contributed by atoms with Crippen molar-refractivity contribution in [2.45, 2.75) is 33.2 Å². The number of hydrogen-bond acceptors (Lipinski definition) is 7. The summed E-state index contributed by atoms with van der Waals surface area (Å²) >= 11 is 0. The zero-order chi connectivity index (χ0) is 17.7. The normalized spacial score (nSPS) is 11.9. The lowest BCUT2D eigenvalue weighted by Gasteiger charge is -2.17. The van der Waals surface area contributed by atoms with Gasteiger partial charge in [-0.1, -0.05) is 13.8 Å². The van der Waals surface area contributed by atoms with Crippen LogP contribution >= 0.6 is 0 Å². The summed E-state index contributed by atoms with van der Waals surface area (Å²) in [7, 11) is 1.10. The number of carbonyl (C=O) groups excluding carboxylic acids is 1. The molecule has 0 aliphatic rings. The van der Waals surface area contributed by atoms with E-state index >= 15 is 0 Å². The van der Waals surface area contributed by atoms with Crippen LogP contribution in [0, 0.1) is 23.0 Å². The van der Waals surface area contributed by atoms with Crippen molar-refractivity contribution in [1.82, 2.24) is 4.98 Å². The maximum atomic E-state index is 11.7. The molecule has 0 aliphatic heterocycles. The lowest BCUT2D eigenvalue weighted by molar-refractivity contribution is -0.384. The van der Waals surface area contributed by atoms with E-state index in [1.165, 1.54) is 6.07 Å². The van der Waals surface area contributed by atoms with Gasteiger partial charge in [-0.15, -0.1) is 0 Å². The van der Waals surface area contributed by atoms with E-state index in [-0.39, 0.29) is 23.7 Å². The van der Waals surface area contributed by atoms with Crippen LogP contribution in [0.3, 0.4) is 0 Å². The van der Waals surface area contributed by atoms with Crippen molar-refractivity contribution in [2.75, 3.05) is 12.4 Å². The van der Waals surface area contributed by atoms with Crippen LogP contribution in [-0.2, 0) is 9.53 Å². The molecule has 0 bridgehead atoms. The Balaban J connectivity index is 3.39. The molecule has 23 heavy (non-hydrogen) atoms. The quantitative estimate of drug-likeness (QED) is 0.442. The number of rotatable bonds is 7. The van der Waals surface area contributed by atoms with Gasteiger partial charge in [0.1, 0.15) is 11.6 Å². The molecule has 126 valence electrons. The monoisotopic (exact) mass is 325 g/mol. The molecule has 0 amide bonds. The van der Waals surface area contributed by atoms with Gasteiger partial charge in [0.2, 0.25) is 5.82 Å². The molecule has 1 aromatic heterocycles. The Morgan fingerprint density at radius 2 is 2.09 bits per heavy atom. The molecule has 9 heteroatoms. The van der Waals surface area contributed by atoms with Crippen LogP contribution in [0.1, 0.15) is 36.3 Å². The van der Waals surface area contributed by atoms with Crippen molar-refractivity contribution in [3.05, 3.63) is 27.4 Å². The number of aryl methyl sites for hydroxylation is 1. The highest BCUT2D eigenvalue weighted by Gasteiger charge is 2.30. The number of methoxy groups -OCH3 is 1. The fourth-order valence-corrected chi connectivity index (χ4v) is 2.08. The molecule has 9 nitrogen and oxygen atoms in total. The first kappa shape index (κ1) is 18.3. The maximum Gasteiger partial charge on any atom is 0.345 e. The number of nitrogens with one attached hydrogen (secondary N) is 1. The van der Waals surface area contributed by atoms with Gasteiger partial charge in [-0.05, 0) is 25.3 Å². The van der Waals surface area contributed by atoms with Crippen molar-refractivity contribution in [3.8, 4) is 0 Å². The van der Waals surface area contributed by atoms with Gasteiger partial charge in [-0.3, -0.25) is 10.1 Å². The number of aromatic nitrogens is 1. The topological polar surface area (TPSA) is 132 Å². The highest BCUT2D eigenvalue weighted by Crippen LogP contribution is 2.29. The van der Waals surface area contributed by atoms with Crippen molar-refractivity contribution >= 4 is 23.4 Å². The average molecular weight is 325 g/mol. The molecule has 2 N–H and O–H groups in total. The molecule has 0 fully saturated rings. The number of carboxylic acids is 1. The van der Waals surface area contributed by atoms with E-state index in [0.717, 1.165) is 7.11 Å². The summed E-state index contributed by atoms with van der Waals surface area (Å²) in [5.74, 6) is -2.26. The molecule has 0 saturated heterocycles. The summed E-state index contributed by atoms with van der Waals surface area (Å²) in [6.07, 6.45) is 0.246. The highest BCUT2D eigenvalue weighted by atomic mass is 16.6. The summed E-state index contributed by atoms with van der Waals surface area (Å²) in [5, 5.41) is 23.1. The van der Waals surface area contributed by atoms with E-state index in [0.29, 0.717) is 5.69 Å². The molecule has 0 aliphatic carbocycles. The largest absolute Gasteiger partial charge is 0.480 e. The number of aliphatic carboxylic acids is 1. The van der Waals surface area contributed by atoms with Gasteiger partial charge in [0.25, 0.3) is 0 Å². The number of nitrogens with zero attached hydrogens (tertiary/aromatic N) is 2. The van der Waals surface area contributed by atoms with Crippen molar-refractivity contribution in [3.63, 3.8) is 0 Å². The Morgan fingerprint density at radius 1 is 1.48 bits per heavy atom. The molecule has 1 heterocycles. The zero-order valence-corrected chi connectivity index (χ0v) is 13.3. The van der Waals surface area contributed by atoms with E-state index in [4.69, 9.17) is 0 Å². The Hall–Kier alpha value is -2.71. The number of carbonyl (C=O) groups is 2. The van der Waals surface area contributed by atoms with E-state index in [1.807, 2.05) is 13.8 Å². The van der Waals surface area contributed by atoms with E-state index in [9.17, 15) is 24.8 Å². The Morgan fingerprint density at radius 3 is 2.52 bits per heavy atom. The van der Waals surface area contributed by atoms with Gasteiger partial charge >= 0.3 is 17.6 Å². The predicted octanol–water partition coefficient (Wildman–Crippen LogP) is 2.00. The molecule has 0 aromatic carbocycles. The first-order valence-electron chi connectivity index (χ1n) is 6.91. The predicted molar refractivity (Wildman–Crippen MR) is 81.5 cm³/mol. The summed E-state index contributed by atoms with van der Waals surface area (Å²) in [6, 6.07) is 0.168. The molecule has 1 aromatic rings. The molecule has 1 atom stereocenters. The number of nitro groups is 1. The van der Waals surface area contributed by atoms with Gasteiger partial charge in [0, 0.05) is 5.69 Å². The SMILES string of the molecule is COC(=O)c1cc(C)nc(NC(CC(C)C)C(=O)O)c1[N+](=O)[O-]. The fraction of sp³-hybridized carbons (Fsp3) is 0.500. The highest BCUT2D eigenvalue weighted by molar-refractivity contribution is 5.96. The van der Waals surface area contributed by atoms with Crippen LogP contribution in [0.2, 0.25) is 0 Å². The average Bonchev–Trinajstić information content (AvgIpc) is 2.43. The fourth-order valence-electron chi connectivity index (χ4n) is 2.08. The van der Waals surface area contributed by atoms with Gasteiger partial charge in [0.15, 0.2) is 0 Å². The van der Waals surface area contributed by atoms with Crippen molar-refractivity contribution in [1.29, 1.82) is 0 Å². The number of anilines is 1. The second-order valence-corrected chi connectivity index (χ2v) is 5.42. The molecule has 0 spiro atoms. The summed E-state index contributed by atoms with van der Waals surface area (Å²) in [6.45, 7) is 5.20. The second kappa shape index (κ2) is 7.52. The second-order valence-electron chi connectivity index (χ2n) is 5.42. The Labute approximate surface area is 132 Å². The van der Waals surface area contributed by atoms with Crippen LogP contribution in [0.5, 0.6) is 0 Å². The first-order chi connectivity index (χ1) is 10.7. The lowest BCUT2D eigenvalue weighted by Crippen LogP contribution is -2.31. The van der Waals surface area contributed by atoms with Gasteiger partial charge in [-0.25, -0.2) is 14.6 Å². The van der Waals surface area contributed by atoms with Gasteiger partial charge in [-0.2, -0.15) is 0 Å². The van der Waals surface area contributed by atoms with Crippen LogP contribution in [0.4, 0.5) is 11.5 Å². The molecule has 0 saturated carbocycles. The number of esters is 1. The third-order valence-corrected chi connectivity index (χ3v) is 3.02. The van der Waals surface area contributed by atoms with Crippen molar-refractivity contribution < 1.29 is 24.4 Å². The number of carboxylic acid groups (broad SMARTS) is 1. The number of ether oxygens (including phenoxy) is 1. The number of pyridine rings is 1. The van der Waals surface area contributed by atoms with Crippen LogP contribution in [-0.4, -0.2) is 40.1 Å². The van der Waals surface area contributed by atoms with E-state index in [1.54, 1.807) is 6.92 Å². The van der Waals surface area contributed by atoms with Crippen LogP contribution in [0.25, 0.3) is 0 Å². The molecule has 1 rings (SSSR count). The van der Waals surface area contributed by atoms with E-state index < -0.39 is 28.6 Å². The number of hydrogen-bond donors (Lipinski definition) is 2. The van der Waals surface area contributed by atoms with Gasteiger partial charge < -0.3 is 15.2 Å². The molecular weight excluding hydrogens is 306 g/mol. The maximum absolute atomic E-state index is 11.7. The third kappa shape index (κ3) is 4.63. The lowest BCUT2D eigenvalue weighted by atomic mass is 10.0. The Kier molecular flexibility index (Phi) is 6.00. The minimum atomic E-state index is -1.16. The zero-order valence-electron chi connectivity index (χ0n) is 13.3. The van der Waals surface area contributed by atoms with E-state index in [2.05, 4.69) is 15.0 Å². The standard InChI is InChI=1S/C14H19N3O6/c1-7(2)5-10(13(18)19)16-12-11(17(21)22)9(14(20)23-4)6-8(3)15-12/h6-7,10H,5H2,1-4H3,(H,15,16)(H,18,19). The molecule has 1 unspecified atom stereocenters. The summed E-state index contributed by atoms with van der Waals surface area (Å²) < 4.78 is 4.54. The minimum absolute atomic E-state index is 0.0487. The molecule has 0 radical (unpaired) electrons. The van der Waals surface area contributed by atoms with Gasteiger partial charge in [0.05, 0.1) is 12.0 Å².